The van der Waals surface area contributed by atoms with Crippen molar-refractivity contribution >= 4 is 11.6 Å². The van der Waals surface area contributed by atoms with Crippen molar-refractivity contribution < 1.29 is 4.79 Å². The van der Waals surface area contributed by atoms with E-state index in [9.17, 15) is 4.79 Å². The van der Waals surface area contributed by atoms with Crippen LogP contribution < -0.4 is 11.1 Å². The van der Waals surface area contributed by atoms with Crippen LogP contribution in [0.25, 0.3) is 0 Å². The number of primary amides is 1. The normalized spacial score (nSPS) is 10.5. The van der Waals surface area contributed by atoms with Crippen LogP contribution in [-0.2, 0) is 0 Å². The van der Waals surface area contributed by atoms with Gasteiger partial charge in [-0.15, -0.1) is 0 Å². The summed E-state index contributed by atoms with van der Waals surface area (Å²) in [5.41, 5.74) is 6.73. The molecule has 17 heavy (non-hydrogen) atoms. The van der Waals surface area contributed by atoms with Gasteiger partial charge in [-0.1, -0.05) is 13.8 Å². The van der Waals surface area contributed by atoms with E-state index >= 15 is 0 Å². The van der Waals surface area contributed by atoms with E-state index in [-0.39, 0.29) is 5.91 Å². The molecule has 4 heteroatoms. The Hall–Kier alpha value is -1.55. The highest BCUT2D eigenvalue weighted by Gasteiger charge is 2.00. The van der Waals surface area contributed by atoms with Gasteiger partial charge in [0.25, 0.3) is 0 Å². The Labute approximate surface area is 103 Å². The van der Waals surface area contributed by atoms with Gasteiger partial charge in [0.1, 0.15) is 0 Å². The maximum Gasteiger partial charge on any atom is 0.248 e. The van der Waals surface area contributed by atoms with Gasteiger partial charge in [0.15, 0.2) is 0 Å². The zero-order valence-electron chi connectivity index (χ0n) is 10.6. The summed E-state index contributed by atoms with van der Waals surface area (Å²) in [5, 5.41) is 3.32. The number of nitrogens with one attached hydrogen (secondary N) is 1. The molecule has 0 aliphatic carbocycles. The molecule has 0 bridgehead atoms. The standard InChI is InChI=1S/C13H21N3O/c1-3-16(4-2)10-9-15-12-7-5-11(6-8-12)13(14)17/h5-8,15H,3-4,9-10H2,1-2H3,(H2,14,17). The first-order valence-corrected chi connectivity index (χ1v) is 6.03. The van der Waals surface area contributed by atoms with Gasteiger partial charge in [0.2, 0.25) is 5.91 Å². The Kier molecular flexibility index (Phi) is 5.49. The number of likely N-dealkylation sites (N-methyl/N-ethyl adjacent to an activating group) is 1. The molecule has 0 atom stereocenters. The first-order chi connectivity index (χ1) is 8.17. The number of hydrogen-bond acceptors (Lipinski definition) is 3. The third-order valence-electron chi connectivity index (χ3n) is 2.82. The van der Waals surface area contributed by atoms with E-state index in [1.54, 1.807) is 12.1 Å². The van der Waals surface area contributed by atoms with Gasteiger partial charge in [0, 0.05) is 24.3 Å². The van der Waals surface area contributed by atoms with Crippen molar-refractivity contribution in [3.05, 3.63) is 29.8 Å². The summed E-state index contributed by atoms with van der Waals surface area (Å²) in [6.45, 7) is 8.37. The Balaban J connectivity index is 2.39. The Morgan fingerprint density at radius 3 is 2.29 bits per heavy atom. The van der Waals surface area contributed by atoms with E-state index in [0.29, 0.717) is 5.56 Å². The van der Waals surface area contributed by atoms with Gasteiger partial charge >= 0.3 is 0 Å². The third-order valence-corrected chi connectivity index (χ3v) is 2.82. The summed E-state index contributed by atoms with van der Waals surface area (Å²) in [5.74, 6) is -0.389. The van der Waals surface area contributed by atoms with E-state index in [1.165, 1.54) is 0 Å². The molecule has 0 heterocycles. The van der Waals surface area contributed by atoms with Crippen molar-refractivity contribution in [1.29, 1.82) is 0 Å². The van der Waals surface area contributed by atoms with Crippen molar-refractivity contribution in [3.8, 4) is 0 Å². The maximum atomic E-state index is 10.9. The van der Waals surface area contributed by atoms with Crippen molar-refractivity contribution in [2.24, 2.45) is 5.73 Å². The molecule has 0 spiro atoms. The molecule has 0 aromatic heterocycles. The summed E-state index contributed by atoms with van der Waals surface area (Å²) in [4.78, 5) is 13.2. The topological polar surface area (TPSA) is 58.4 Å². The van der Waals surface area contributed by atoms with E-state index in [1.807, 2.05) is 12.1 Å². The smallest absolute Gasteiger partial charge is 0.248 e. The molecular weight excluding hydrogens is 214 g/mol. The maximum absolute atomic E-state index is 10.9. The molecule has 3 N–H and O–H groups in total. The van der Waals surface area contributed by atoms with Gasteiger partial charge < -0.3 is 16.0 Å². The zero-order chi connectivity index (χ0) is 12.7. The van der Waals surface area contributed by atoms with Crippen LogP contribution in [-0.4, -0.2) is 37.0 Å². The molecule has 1 aromatic rings. The molecule has 1 amide bonds. The van der Waals surface area contributed by atoms with Gasteiger partial charge in [-0.25, -0.2) is 0 Å². The number of benzene rings is 1. The Morgan fingerprint density at radius 2 is 1.82 bits per heavy atom. The molecule has 0 saturated carbocycles. The molecule has 1 aromatic carbocycles. The van der Waals surface area contributed by atoms with E-state index in [2.05, 4.69) is 24.1 Å². The highest BCUT2D eigenvalue weighted by molar-refractivity contribution is 5.93. The predicted octanol–water partition coefficient (Wildman–Crippen LogP) is 1.54. The number of rotatable bonds is 7. The van der Waals surface area contributed by atoms with Crippen LogP contribution in [0.2, 0.25) is 0 Å². The second kappa shape index (κ2) is 6.91. The molecule has 0 radical (unpaired) electrons. The van der Waals surface area contributed by atoms with Crippen molar-refractivity contribution in [1.82, 2.24) is 4.90 Å². The number of amides is 1. The minimum Gasteiger partial charge on any atom is -0.384 e. The molecule has 0 aliphatic rings. The first-order valence-electron chi connectivity index (χ1n) is 6.03. The number of carbonyl (C=O) groups is 1. The Morgan fingerprint density at radius 1 is 1.24 bits per heavy atom. The average molecular weight is 235 g/mol. The van der Waals surface area contributed by atoms with E-state index < -0.39 is 0 Å². The number of nitrogens with zero attached hydrogens (tertiary/aromatic N) is 1. The van der Waals surface area contributed by atoms with Crippen molar-refractivity contribution in [2.75, 3.05) is 31.5 Å². The monoisotopic (exact) mass is 235 g/mol. The Bertz CT molecular complexity index is 344. The minimum absolute atomic E-state index is 0.389. The SMILES string of the molecule is CCN(CC)CCNc1ccc(C(N)=O)cc1. The van der Waals surface area contributed by atoms with Gasteiger partial charge in [-0.3, -0.25) is 4.79 Å². The third kappa shape index (κ3) is 4.44. The van der Waals surface area contributed by atoms with Gasteiger partial charge in [0.05, 0.1) is 0 Å². The highest BCUT2D eigenvalue weighted by atomic mass is 16.1. The van der Waals surface area contributed by atoms with Crippen LogP contribution >= 0.6 is 0 Å². The quantitative estimate of drug-likeness (QED) is 0.753. The predicted molar refractivity (Wildman–Crippen MR) is 71.2 cm³/mol. The summed E-state index contributed by atoms with van der Waals surface area (Å²) in [6, 6.07) is 7.23. The lowest BCUT2D eigenvalue weighted by atomic mass is 10.2. The number of carbonyl (C=O) groups excluding carboxylic acids is 1. The largest absolute Gasteiger partial charge is 0.384 e. The zero-order valence-corrected chi connectivity index (χ0v) is 10.6. The second-order valence-electron chi connectivity index (χ2n) is 3.90. The van der Waals surface area contributed by atoms with Crippen LogP contribution in [0.3, 0.4) is 0 Å². The molecule has 4 nitrogen and oxygen atoms in total. The van der Waals surface area contributed by atoms with Crippen LogP contribution in [0, 0.1) is 0 Å². The molecule has 0 saturated heterocycles. The first kappa shape index (κ1) is 13.5. The second-order valence-corrected chi connectivity index (χ2v) is 3.90. The van der Waals surface area contributed by atoms with Crippen LogP contribution in [0.1, 0.15) is 24.2 Å². The number of nitrogens with two attached hydrogens (primary N) is 1. The lowest BCUT2D eigenvalue weighted by Gasteiger charge is -2.18. The van der Waals surface area contributed by atoms with E-state index in [0.717, 1.165) is 31.9 Å². The molecule has 1 rings (SSSR count). The average Bonchev–Trinajstić information content (AvgIpc) is 2.35. The summed E-state index contributed by atoms with van der Waals surface area (Å²) in [6.07, 6.45) is 0. The lowest BCUT2D eigenvalue weighted by Crippen LogP contribution is -2.28. The van der Waals surface area contributed by atoms with E-state index in [4.69, 9.17) is 5.73 Å². The van der Waals surface area contributed by atoms with Crippen molar-refractivity contribution in [3.63, 3.8) is 0 Å². The summed E-state index contributed by atoms with van der Waals surface area (Å²) < 4.78 is 0. The van der Waals surface area contributed by atoms with Gasteiger partial charge in [-0.05, 0) is 37.4 Å². The van der Waals surface area contributed by atoms with Gasteiger partial charge in [-0.2, -0.15) is 0 Å². The van der Waals surface area contributed by atoms with Crippen LogP contribution in [0.15, 0.2) is 24.3 Å². The molecule has 0 fully saturated rings. The fourth-order valence-electron chi connectivity index (χ4n) is 1.65. The lowest BCUT2D eigenvalue weighted by molar-refractivity contribution is 0.100. The molecule has 0 aliphatic heterocycles. The van der Waals surface area contributed by atoms with Crippen LogP contribution in [0.5, 0.6) is 0 Å². The fourth-order valence-corrected chi connectivity index (χ4v) is 1.65. The molecular formula is C13H21N3O. The molecule has 94 valence electrons. The molecule has 0 unspecified atom stereocenters. The summed E-state index contributed by atoms with van der Waals surface area (Å²) in [7, 11) is 0. The number of anilines is 1. The number of hydrogen-bond donors (Lipinski definition) is 2. The summed E-state index contributed by atoms with van der Waals surface area (Å²) >= 11 is 0. The highest BCUT2D eigenvalue weighted by Crippen LogP contribution is 2.08. The minimum atomic E-state index is -0.389. The van der Waals surface area contributed by atoms with Crippen LogP contribution in [0.4, 0.5) is 5.69 Å². The van der Waals surface area contributed by atoms with Crippen molar-refractivity contribution in [2.45, 2.75) is 13.8 Å². The fraction of sp³-hybridized carbons (Fsp3) is 0.462.